The maximum atomic E-state index is 11.8. The largest absolute Gasteiger partial charge is 0.380 e. The van der Waals surface area contributed by atoms with Crippen molar-refractivity contribution in [2.24, 2.45) is 0 Å². The smallest absolute Gasteiger partial charge is 0.330 e. The molecule has 21 heavy (non-hydrogen) atoms. The van der Waals surface area contributed by atoms with E-state index in [1.807, 2.05) is 13.8 Å². The molecule has 1 N–H and O–H groups in total. The fourth-order valence-electron chi connectivity index (χ4n) is 2.05. The van der Waals surface area contributed by atoms with Gasteiger partial charge in [-0.15, -0.1) is 0 Å². The fraction of sp³-hybridized carbons (Fsp3) is 0.929. The second-order valence-electron chi connectivity index (χ2n) is 5.10. The molecule has 1 saturated heterocycles. The van der Waals surface area contributed by atoms with Crippen molar-refractivity contribution >= 4 is 13.5 Å². The van der Waals surface area contributed by atoms with Gasteiger partial charge in [-0.05, 0) is 6.42 Å². The van der Waals surface area contributed by atoms with Crippen LogP contribution in [0.5, 0.6) is 0 Å². The third-order valence-electron chi connectivity index (χ3n) is 3.44. The first-order valence-electron chi connectivity index (χ1n) is 7.61. The number of likely N-dealkylation sites (tertiary alicyclic amines) is 1. The van der Waals surface area contributed by atoms with Crippen LogP contribution in [0.2, 0.25) is 0 Å². The lowest BCUT2D eigenvalue weighted by atomic mass is 10.2. The summed E-state index contributed by atoms with van der Waals surface area (Å²) in [6, 6.07) is -0.184. The highest BCUT2D eigenvalue weighted by molar-refractivity contribution is 7.53. The molecule has 126 valence electrons. The van der Waals surface area contributed by atoms with E-state index in [0.717, 1.165) is 0 Å². The first-order valence-corrected chi connectivity index (χ1v) is 9.25. The standard InChI is InChI=1S/C12H24NO5P.C2H6/c1-5-12(14)13-7-11(17-4)6-10(13)8-18-19(15,16)9(2)3;1-2/h9-11H,5-8H2,1-4H3,(H,15,16);1-2H3. The highest BCUT2D eigenvalue weighted by atomic mass is 31.2. The SMILES string of the molecule is CC.CCC(=O)N1CC(OC)CC1COP(=O)(O)C(C)C. The molecule has 1 rings (SSSR count). The molecule has 3 unspecified atom stereocenters. The Balaban J connectivity index is 0.00000191. The molecule has 0 bridgehead atoms. The van der Waals surface area contributed by atoms with Crippen molar-refractivity contribution in [2.75, 3.05) is 20.3 Å². The Bertz CT molecular complexity index is 361. The van der Waals surface area contributed by atoms with Crippen molar-refractivity contribution in [1.82, 2.24) is 4.90 Å². The van der Waals surface area contributed by atoms with E-state index in [4.69, 9.17) is 9.26 Å². The average molecular weight is 323 g/mol. The van der Waals surface area contributed by atoms with E-state index in [9.17, 15) is 14.3 Å². The summed E-state index contributed by atoms with van der Waals surface area (Å²) in [6.45, 7) is 9.68. The summed E-state index contributed by atoms with van der Waals surface area (Å²) in [4.78, 5) is 23.2. The molecule has 1 fully saturated rings. The van der Waals surface area contributed by atoms with E-state index in [2.05, 4.69) is 0 Å². The van der Waals surface area contributed by atoms with Crippen molar-refractivity contribution < 1.29 is 23.5 Å². The van der Waals surface area contributed by atoms with Crippen molar-refractivity contribution in [3.05, 3.63) is 0 Å². The van der Waals surface area contributed by atoms with Gasteiger partial charge in [0.25, 0.3) is 0 Å². The van der Waals surface area contributed by atoms with Gasteiger partial charge in [-0.25, -0.2) is 0 Å². The molecule has 1 aliphatic heterocycles. The van der Waals surface area contributed by atoms with Gasteiger partial charge in [-0.3, -0.25) is 9.36 Å². The Morgan fingerprint density at radius 3 is 2.43 bits per heavy atom. The Morgan fingerprint density at radius 2 is 2.00 bits per heavy atom. The second-order valence-corrected chi connectivity index (χ2v) is 7.52. The summed E-state index contributed by atoms with van der Waals surface area (Å²) in [5.41, 5.74) is -0.442. The van der Waals surface area contributed by atoms with Gasteiger partial charge in [0.05, 0.1) is 24.4 Å². The minimum Gasteiger partial charge on any atom is -0.380 e. The molecule has 1 heterocycles. The molecule has 0 aromatic rings. The van der Waals surface area contributed by atoms with Crippen LogP contribution in [0.3, 0.4) is 0 Å². The summed E-state index contributed by atoms with van der Waals surface area (Å²) in [5, 5.41) is 0. The molecule has 1 amide bonds. The van der Waals surface area contributed by atoms with Crippen LogP contribution >= 0.6 is 7.60 Å². The van der Waals surface area contributed by atoms with Gasteiger partial charge in [-0.2, -0.15) is 0 Å². The maximum absolute atomic E-state index is 11.8. The van der Waals surface area contributed by atoms with Crippen molar-refractivity contribution in [1.29, 1.82) is 0 Å². The van der Waals surface area contributed by atoms with Crippen molar-refractivity contribution in [3.63, 3.8) is 0 Å². The monoisotopic (exact) mass is 323 g/mol. The number of methoxy groups -OCH3 is 1. The van der Waals surface area contributed by atoms with Crippen LogP contribution in [0, 0.1) is 0 Å². The van der Waals surface area contributed by atoms with E-state index < -0.39 is 13.3 Å². The van der Waals surface area contributed by atoms with Crippen LogP contribution in [-0.2, 0) is 18.6 Å². The van der Waals surface area contributed by atoms with E-state index in [0.29, 0.717) is 19.4 Å². The van der Waals surface area contributed by atoms with Crippen LogP contribution in [0.4, 0.5) is 0 Å². The minimum atomic E-state index is -3.59. The van der Waals surface area contributed by atoms with Crippen LogP contribution in [0.1, 0.15) is 47.5 Å². The van der Waals surface area contributed by atoms with E-state index in [-0.39, 0.29) is 24.7 Å². The Labute approximate surface area is 128 Å². The predicted molar refractivity (Wildman–Crippen MR) is 83.5 cm³/mol. The van der Waals surface area contributed by atoms with Gasteiger partial charge < -0.3 is 19.1 Å². The van der Waals surface area contributed by atoms with Crippen molar-refractivity contribution in [3.8, 4) is 0 Å². The second kappa shape index (κ2) is 9.57. The van der Waals surface area contributed by atoms with E-state index in [1.54, 1.807) is 32.8 Å². The minimum absolute atomic E-state index is 0.0190. The number of rotatable bonds is 6. The topological polar surface area (TPSA) is 76.1 Å². The van der Waals surface area contributed by atoms with E-state index in [1.165, 1.54) is 0 Å². The van der Waals surface area contributed by atoms with Crippen LogP contribution in [0.25, 0.3) is 0 Å². The van der Waals surface area contributed by atoms with Gasteiger partial charge in [-0.1, -0.05) is 34.6 Å². The highest BCUT2D eigenvalue weighted by Gasteiger charge is 2.36. The lowest BCUT2D eigenvalue weighted by molar-refractivity contribution is -0.132. The third kappa shape index (κ3) is 6.07. The predicted octanol–water partition coefficient (Wildman–Crippen LogP) is 2.65. The summed E-state index contributed by atoms with van der Waals surface area (Å²) >= 11 is 0. The Kier molecular flexibility index (Phi) is 9.38. The zero-order valence-electron chi connectivity index (χ0n) is 14.0. The number of nitrogens with zero attached hydrogens (tertiary/aromatic N) is 1. The lowest BCUT2D eigenvalue weighted by Gasteiger charge is -2.25. The summed E-state index contributed by atoms with van der Waals surface area (Å²) in [6.07, 6.45) is 1.02. The van der Waals surface area contributed by atoms with E-state index >= 15 is 0 Å². The molecule has 0 aromatic heterocycles. The highest BCUT2D eigenvalue weighted by Crippen LogP contribution is 2.47. The number of amides is 1. The number of hydrogen-bond donors (Lipinski definition) is 1. The van der Waals surface area contributed by atoms with Gasteiger partial charge >= 0.3 is 7.60 Å². The number of ether oxygens (including phenoxy) is 1. The molecule has 1 aliphatic rings. The molecule has 0 spiro atoms. The van der Waals surface area contributed by atoms with Gasteiger partial charge in [0, 0.05) is 20.1 Å². The summed E-state index contributed by atoms with van der Waals surface area (Å²) in [7, 11) is -1.98. The quantitative estimate of drug-likeness (QED) is 0.761. The molecule has 3 atom stereocenters. The summed E-state index contributed by atoms with van der Waals surface area (Å²) < 4.78 is 22.2. The molecule has 0 aromatic carbocycles. The lowest BCUT2D eigenvalue weighted by Crippen LogP contribution is -2.38. The molecule has 0 saturated carbocycles. The maximum Gasteiger partial charge on any atom is 0.330 e. The first kappa shape index (κ1) is 20.6. The molecule has 7 heteroatoms. The molecular weight excluding hydrogens is 293 g/mol. The normalized spacial score (nSPS) is 24.5. The fourth-order valence-corrected chi connectivity index (χ4v) is 2.74. The number of hydrogen-bond acceptors (Lipinski definition) is 4. The van der Waals surface area contributed by atoms with Crippen LogP contribution < -0.4 is 0 Å². The molecular formula is C14H30NO5P. The zero-order valence-corrected chi connectivity index (χ0v) is 14.9. The Morgan fingerprint density at radius 1 is 1.43 bits per heavy atom. The third-order valence-corrected chi connectivity index (χ3v) is 5.26. The Hall–Kier alpha value is -0.420. The van der Waals surface area contributed by atoms with Crippen molar-refractivity contribution in [2.45, 2.75) is 65.3 Å². The summed E-state index contributed by atoms with van der Waals surface area (Å²) in [5.74, 6) is 0.0190. The first-order chi connectivity index (χ1) is 9.81. The average Bonchev–Trinajstić information content (AvgIpc) is 2.89. The van der Waals surface area contributed by atoms with Gasteiger partial charge in [0.2, 0.25) is 5.91 Å². The van der Waals surface area contributed by atoms with Crippen LogP contribution in [-0.4, -0.2) is 53.8 Å². The van der Waals surface area contributed by atoms with Crippen LogP contribution in [0.15, 0.2) is 0 Å². The molecule has 0 radical (unpaired) electrons. The van der Waals surface area contributed by atoms with Gasteiger partial charge in [0.1, 0.15) is 0 Å². The molecule has 0 aliphatic carbocycles. The van der Waals surface area contributed by atoms with Gasteiger partial charge in [0.15, 0.2) is 0 Å². The number of carbonyl (C=O) groups is 1. The molecule has 6 nitrogen and oxygen atoms in total. The number of carbonyl (C=O) groups excluding carboxylic acids is 1. The zero-order chi connectivity index (χ0) is 16.6.